The maximum absolute atomic E-state index is 12.3. The number of ether oxygens (including phenoxy) is 2. The molecule has 6 nitrogen and oxygen atoms in total. The van der Waals surface area contributed by atoms with Crippen LogP contribution in [0.2, 0.25) is 10.0 Å². The summed E-state index contributed by atoms with van der Waals surface area (Å²) in [5, 5.41) is 0.499. The standard InChI is InChI=1S/C19H18Cl2F3N3O3/c20-14-9-11(1-2-15(14)30-12-4-7-29-8-5-12)13-3-6-25-18(17(13)21)27-26-16(28)10-19(22,23)24/h1-3,6,9,12H,4-5,7-8,10H2,(H,25,27)(H,26,28). The van der Waals surface area contributed by atoms with Crippen LogP contribution in [0.25, 0.3) is 11.1 Å². The first kappa shape index (κ1) is 22.5. The molecule has 0 radical (unpaired) electrons. The summed E-state index contributed by atoms with van der Waals surface area (Å²) in [5.74, 6) is -0.720. The van der Waals surface area contributed by atoms with E-state index in [1.54, 1.807) is 24.3 Å². The number of benzene rings is 1. The van der Waals surface area contributed by atoms with Gasteiger partial charge in [-0.1, -0.05) is 29.3 Å². The lowest BCUT2D eigenvalue weighted by Gasteiger charge is -2.24. The van der Waals surface area contributed by atoms with Crippen molar-refractivity contribution < 1.29 is 27.4 Å². The number of carbonyl (C=O) groups is 1. The Kier molecular flexibility index (Phi) is 7.27. The van der Waals surface area contributed by atoms with E-state index in [0.29, 0.717) is 35.1 Å². The van der Waals surface area contributed by atoms with E-state index in [0.717, 1.165) is 12.8 Å². The zero-order valence-corrected chi connectivity index (χ0v) is 17.1. The lowest BCUT2D eigenvalue weighted by Crippen LogP contribution is -2.33. The number of amides is 1. The second-order valence-corrected chi connectivity index (χ2v) is 7.35. The van der Waals surface area contributed by atoms with Crippen molar-refractivity contribution in [3.63, 3.8) is 0 Å². The molecule has 0 aliphatic carbocycles. The number of pyridine rings is 1. The van der Waals surface area contributed by atoms with E-state index in [1.165, 1.54) is 6.20 Å². The molecule has 1 aromatic heterocycles. The summed E-state index contributed by atoms with van der Waals surface area (Å²) in [6, 6.07) is 6.77. The predicted octanol–water partition coefficient (Wildman–Crippen LogP) is 5.01. The van der Waals surface area contributed by atoms with Gasteiger partial charge in [-0.2, -0.15) is 13.2 Å². The molecular formula is C19H18Cl2F3N3O3. The van der Waals surface area contributed by atoms with Gasteiger partial charge in [-0.05, 0) is 23.8 Å². The molecule has 2 heterocycles. The van der Waals surface area contributed by atoms with Crippen LogP contribution in [-0.2, 0) is 9.53 Å². The molecule has 1 aliphatic rings. The second-order valence-electron chi connectivity index (χ2n) is 6.56. The molecule has 2 N–H and O–H groups in total. The topological polar surface area (TPSA) is 72.5 Å². The Morgan fingerprint density at radius 2 is 1.97 bits per heavy atom. The molecule has 0 spiro atoms. The van der Waals surface area contributed by atoms with Gasteiger partial charge in [0.05, 0.1) is 23.3 Å². The Bertz CT molecular complexity index is 906. The van der Waals surface area contributed by atoms with Crippen LogP contribution in [-0.4, -0.2) is 36.4 Å². The number of hydrogen-bond acceptors (Lipinski definition) is 5. The molecule has 0 saturated carbocycles. The molecule has 1 amide bonds. The quantitative estimate of drug-likeness (QED) is 0.589. The van der Waals surface area contributed by atoms with E-state index in [2.05, 4.69) is 10.4 Å². The van der Waals surface area contributed by atoms with Gasteiger partial charge < -0.3 is 9.47 Å². The largest absolute Gasteiger partial charge is 0.489 e. The van der Waals surface area contributed by atoms with Crippen LogP contribution in [0.5, 0.6) is 5.75 Å². The zero-order valence-electron chi connectivity index (χ0n) is 15.6. The highest BCUT2D eigenvalue weighted by molar-refractivity contribution is 6.36. The Hall–Kier alpha value is -2.23. The fraction of sp³-hybridized carbons (Fsp3) is 0.368. The molecule has 1 saturated heterocycles. The molecule has 1 aliphatic heterocycles. The fourth-order valence-electron chi connectivity index (χ4n) is 2.85. The average Bonchev–Trinajstić information content (AvgIpc) is 2.68. The maximum Gasteiger partial charge on any atom is 0.397 e. The Morgan fingerprint density at radius 3 is 2.63 bits per heavy atom. The first-order chi connectivity index (χ1) is 14.2. The number of carbonyl (C=O) groups excluding carboxylic acids is 1. The number of hydrogen-bond donors (Lipinski definition) is 2. The van der Waals surface area contributed by atoms with Gasteiger partial charge >= 0.3 is 6.18 Å². The lowest BCUT2D eigenvalue weighted by atomic mass is 10.1. The van der Waals surface area contributed by atoms with Crippen LogP contribution in [0.1, 0.15) is 19.3 Å². The highest BCUT2D eigenvalue weighted by Gasteiger charge is 2.31. The normalized spacial score (nSPS) is 15.0. The summed E-state index contributed by atoms with van der Waals surface area (Å²) in [5.41, 5.74) is 5.42. The fourth-order valence-corrected chi connectivity index (χ4v) is 3.34. The van der Waals surface area contributed by atoms with Crippen molar-refractivity contribution in [3.05, 3.63) is 40.5 Å². The SMILES string of the molecule is O=C(CC(F)(F)F)NNc1nccc(-c2ccc(OC3CCOCC3)c(Cl)c2)c1Cl. The number of alkyl halides is 3. The third-order valence-corrected chi connectivity index (χ3v) is 4.95. The smallest absolute Gasteiger partial charge is 0.397 e. The first-order valence-electron chi connectivity index (χ1n) is 9.03. The number of hydrazine groups is 1. The van der Waals surface area contributed by atoms with Crippen molar-refractivity contribution in [1.29, 1.82) is 0 Å². The van der Waals surface area contributed by atoms with Crippen LogP contribution in [0.3, 0.4) is 0 Å². The van der Waals surface area contributed by atoms with E-state index in [-0.39, 0.29) is 16.9 Å². The molecule has 11 heteroatoms. The van der Waals surface area contributed by atoms with Crippen molar-refractivity contribution in [2.45, 2.75) is 31.5 Å². The molecule has 0 atom stereocenters. The molecule has 3 rings (SSSR count). The van der Waals surface area contributed by atoms with Crippen LogP contribution < -0.4 is 15.6 Å². The highest BCUT2D eigenvalue weighted by Crippen LogP contribution is 2.36. The Labute approximate surface area is 180 Å². The summed E-state index contributed by atoms with van der Waals surface area (Å²) in [4.78, 5) is 15.3. The minimum Gasteiger partial charge on any atom is -0.489 e. The average molecular weight is 464 g/mol. The molecule has 30 heavy (non-hydrogen) atoms. The van der Waals surface area contributed by atoms with Crippen LogP contribution in [0.15, 0.2) is 30.5 Å². The van der Waals surface area contributed by atoms with Crippen LogP contribution in [0, 0.1) is 0 Å². The minimum absolute atomic E-state index is 0.00310. The molecule has 1 aromatic carbocycles. The number of rotatable bonds is 6. The highest BCUT2D eigenvalue weighted by atomic mass is 35.5. The molecule has 2 aromatic rings. The summed E-state index contributed by atoms with van der Waals surface area (Å²) < 4.78 is 48.0. The van der Waals surface area contributed by atoms with Crippen molar-refractivity contribution in [3.8, 4) is 16.9 Å². The van der Waals surface area contributed by atoms with Gasteiger partial charge in [-0.15, -0.1) is 0 Å². The van der Waals surface area contributed by atoms with Crippen molar-refractivity contribution in [2.75, 3.05) is 18.6 Å². The monoisotopic (exact) mass is 463 g/mol. The van der Waals surface area contributed by atoms with E-state index in [1.807, 2.05) is 5.43 Å². The lowest BCUT2D eigenvalue weighted by molar-refractivity contribution is -0.153. The zero-order chi connectivity index (χ0) is 21.7. The third-order valence-electron chi connectivity index (χ3n) is 4.28. The number of nitrogens with one attached hydrogen (secondary N) is 2. The van der Waals surface area contributed by atoms with Gasteiger partial charge in [-0.3, -0.25) is 15.6 Å². The van der Waals surface area contributed by atoms with Gasteiger partial charge in [-0.25, -0.2) is 4.98 Å². The van der Waals surface area contributed by atoms with E-state index < -0.39 is 18.5 Å². The van der Waals surface area contributed by atoms with Gasteiger partial charge in [0.15, 0.2) is 5.82 Å². The molecular weight excluding hydrogens is 446 g/mol. The van der Waals surface area contributed by atoms with E-state index in [9.17, 15) is 18.0 Å². The number of nitrogens with zero attached hydrogens (tertiary/aromatic N) is 1. The summed E-state index contributed by atoms with van der Waals surface area (Å²) in [7, 11) is 0. The summed E-state index contributed by atoms with van der Waals surface area (Å²) in [6.07, 6.45) is -3.24. The number of aromatic nitrogens is 1. The Balaban J connectivity index is 1.72. The summed E-state index contributed by atoms with van der Waals surface area (Å²) in [6.45, 7) is 1.28. The molecule has 1 fully saturated rings. The van der Waals surface area contributed by atoms with Crippen LogP contribution >= 0.6 is 23.2 Å². The minimum atomic E-state index is -4.62. The second kappa shape index (κ2) is 9.72. The number of halogens is 5. The van der Waals surface area contributed by atoms with Gasteiger partial charge in [0, 0.05) is 24.6 Å². The molecule has 162 valence electrons. The number of anilines is 1. The van der Waals surface area contributed by atoms with Gasteiger partial charge in [0.2, 0.25) is 5.91 Å². The van der Waals surface area contributed by atoms with Gasteiger partial charge in [0.25, 0.3) is 0 Å². The molecule has 0 bridgehead atoms. The van der Waals surface area contributed by atoms with Gasteiger partial charge in [0.1, 0.15) is 18.3 Å². The van der Waals surface area contributed by atoms with E-state index >= 15 is 0 Å². The Morgan fingerprint density at radius 1 is 1.23 bits per heavy atom. The third kappa shape index (κ3) is 6.13. The maximum atomic E-state index is 12.3. The van der Waals surface area contributed by atoms with Crippen LogP contribution in [0.4, 0.5) is 19.0 Å². The van der Waals surface area contributed by atoms with Crippen molar-refractivity contribution in [2.24, 2.45) is 0 Å². The summed E-state index contributed by atoms with van der Waals surface area (Å²) >= 11 is 12.7. The van der Waals surface area contributed by atoms with Crippen molar-refractivity contribution >= 4 is 34.9 Å². The first-order valence-corrected chi connectivity index (χ1v) is 9.79. The molecule has 0 unspecified atom stereocenters. The predicted molar refractivity (Wildman–Crippen MR) is 107 cm³/mol. The van der Waals surface area contributed by atoms with E-state index in [4.69, 9.17) is 32.7 Å². The van der Waals surface area contributed by atoms with Crippen molar-refractivity contribution in [1.82, 2.24) is 10.4 Å².